The molecule has 0 aliphatic carbocycles. The van der Waals surface area contributed by atoms with Crippen LogP contribution in [0.25, 0.3) is 0 Å². The molecule has 0 spiro atoms. The van der Waals surface area contributed by atoms with Crippen LogP contribution in [0.1, 0.15) is 51.0 Å². The molecule has 28 heavy (non-hydrogen) atoms. The van der Waals surface area contributed by atoms with Gasteiger partial charge in [0.25, 0.3) is 0 Å². The van der Waals surface area contributed by atoms with Gasteiger partial charge in [0, 0.05) is 13.1 Å². The third-order valence-electron chi connectivity index (χ3n) is 5.95. The van der Waals surface area contributed by atoms with Crippen molar-refractivity contribution >= 4 is 12.0 Å². The number of amides is 2. The molecule has 152 valence electrons. The lowest BCUT2D eigenvalue weighted by atomic mass is 9.96. The van der Waals surface area contributed by atoms with E-state index in [1.807, 2.05) is 35.2 Å². The summed E-state index contributed by atoms with van der Waals surface area (Å²) >= 11 is 0. The Morgan fingerprint density at radius 2 is 2.04 bits per heavy atom. The van der Waals surface area contributed by atoms with Crippen LogP contribution in [0, 0.1) is 5.92 Å². The van der Waals surface area contributed by atoms with Gasteiger partial charge in [-0.15, -0.1) is 6.58 Å². The zero-order valence-corrected chi connectivity index (χ0v) is 16.9. The van der Waals surface area contributed by atoms with Gasteiger partial charge in [-0.3, -0.25) is 4.79 Å². The van der Waals surface area contributed by atoms with Crippen LogP contribution < -0.4 is 0 Å². The van der Waals surface area contributed by atoms with Crippen LogP contribution in [-0.2, 0) is 16.1 Å². The predicted octanol–water partition coefficient (Wildman–Crippen LogP) is 4.38. The molecule has 2 aliphatic rings. The highest BCUT2D eigenvalue weighted by Gasteiger charge is 2.54. The van der Waals surface area contributed by atoms with E-state index in [9.17, 15) is 9.59 Å². The lowest BCUT2D eigenvalue weighted by Gasteiger charge is -2.26. The molecule has 2 heterocycles. The third kappa shape index (κ3) is 4.40. The van der Waals surface area contributed by atoms with Crippen LogP contribution in [-0.4, -0.2) is 47.0 Å². The molecular weight excluding hydrogens is 352 g/mol. The van der Waals surface area contributed by atoms with E-state index >= 15 is 0 Å². The number of rotatable bonds is 9. The summed E-state index contributed by atoms with van der Waals surface area (Å²) in [4.78, 5) is 29.6. The van der Waals surface area contributed by atoms with Crippen LogP contribution in [0.4, 0.5) is 4.79 Å². The summed E-state index contributed by atoms with van der Waals surface area (Å²) in [5.41, 5.74) is 0.967. The highest BCUT2D eigenvalue weighted by molar-refractivity contribution is 5.84. The Hall–Kier alpha value is -2.30. The maximum absolute atomic E-state index is 13.0. The van der Waals surface area contributed by atoms with E-state index in [0.717, 1.165) is 31.4 Å². The van der Waals surface area contributed by atoms with Gasteiger partial charge in [0.15, 0.2) is 0 Å². The zero-order chi connectivity index (χ0) is 19.9. The molecular formula is C23H32N2O3. The smallest absolute Gasteiger partial charge is 0.410 e. The number of allylic oxidation sites excluding steroid dienone is 1. The van der Waals surface area contributed by atoms with Crippen molar-refractivity contribution in [3.05, 3.63) is 48.6 Å². The van der Waals surface area contributed by atoms with Crippen molar-refractivity contribution in [2.75, 3.05) is 13.1 Å². The van der Waals surface area contributed by atoms with E-state index in [1.54, 1.807) is 11.0 Å². The van der Waals surface area contributed by atoms with Crippen molar-refractivity contribution in [1.29, 1.82) is 0 Å². The van der Waals surface area contributed by atoms with E-state index in [4.69, 9.17) is 4.74 Å². The van der Waals surface area contributed by atoms with Gasteiger partial charge in [-0.1, -0.05) is 62.6 Å². The molecule has 2 amide bonds. The van der Waals surface area contributed by atoms with Gasteiger partial charge in [-0.05, 0) is 24.8 Å². The fourth-order valence-corrected chi connectivity index (χ4v) is 4.57. The maximum Gasteiger partial charge on any atom is 0.410 e. The van der Waals surface area contributed by atoms with E-state index in [1.165, 1.54) is 12.8 Å². The van der Waals surface area contributed by atoms with Crippen LogP contribution in [0.5, 0.6) is 0 Å². The Bertz CT molecular complexity index is 676. The van der Waals surface area contributed by atoms with Crippen LogP contribution in [0.15, 0.2) is 43.0 Å². The van der Waals surface area contributed by atoms with Gasteiger partial charge in [-0.25, -0.2) is 4.79 Å². The molecule has 2 aliphatic heterocycles. The highest BCUT2D eigenvalue weighted by atomic mass is 16.6. The number of carbonyl (C=O) groups excluding carboxylic acids is 2. The molecule has 0 saturated carbocycles. The van der Waals surface area contributed by atoms with E-state index < -0.39 is 0 Å². The summed E-state index contributed by atoms with van der Waals surface area (Å²) in [7, 11) is 0. The fourth-order valence-electron chi connectivity index (χ4n) is 4.57. The minimum absolute atomic E-state index is 0.0973. The van der Waals surface area contributed by atoms with Gasteiger partial charge in [-0.2, -0.15) is 0 Å². The Morgan fingerprint density at radius 1 is 1.25 bits per heavy atom. The Kier molecular flexibility index (Phi) is 7.12. The minimum Gasteiger partial charge on any atom is -0.445 e. The summed E-state index contributed by atoms with van der Waals surface area (Å²) in [5.74, 6) is -0.0209. The molecule has 3 atom stereocenters. The lowest BCUT2D eigenvalue weighted by Crippen LogP contribution is -2.42. The van der Waals surface area contributed by atoms with Crippen molar-refractivity contribution < 1.29 is 14.3 Å². The molecule has 2 fully saturated rings. The Labute approximate surface area is 168 Å². The van der Waals surface area contributed by atoms with Crippen molar-refractivity contribution in [3.8, 4) is 0 Å². The largest absolute Gasteiger partial charge is 0.445 e. The molecule has 1 aromatic carbocycles. The first kappa shape index (κ1) is 20.4. The second-order valence-electron chi connectivity index (χ2n) is 7.80. The van der Waals surface area contributed by atoms with Crippen LogP contribution >= 0.6 is 0 Å². The van der Waals surface area contributed by atoms with Gasteiger partial charge < -0.3 is 14.5 Å². The number of carbonyl (C=O) groups is 2. The van der Waals surface area contributed by atoms with Crippen LogP contribution in [0.2, 0.25) is 0 Å². The zero-order valence-electron chi connectivity index (χ0n) is 16.9. The summed E-state index contributed by atoms with van der Waals surface area (Å²) in [5, 5.41) is 0. The summed E-state index contributed by atoms with van der Waals surface area (Å²) in [6.45, 7) is 7.71. The second-order valence-corrected chi connectivity index (χ2v) is 7.80. The molecule has 0 unspecified atom stereocenters. The quantitative estimate of drug-likeness (QED) is 0.469. The number of benzene rings is 1. The molecule has 0 radical (unpaired) electrons. The predicted molar refractivity (Wildman–Crippen MR) is 110 cm³/mol. The number of fused-ring (bicyclic) bond motifs is 1. The lowest BCUT2D eigenvalue weighted by molar-refractivity contribution is -0.132. The molecule has 3 rings (SSSR count). The summed E-state index contributed by atoms with van der Waals surface area (Å²) < 4.78 is 5.56. The average Bonchev–Trinajstić information content (AvgIpc) is 3.24. The Balaban J connectivity index is 1.65. The van der Waals surface area contributed by atoms with E-state index in [-0.39, 0.29) is 36.6 Å². The average molecular weight is 385 g/mol. The van der Waals surface area contributed by atoms with E-state index in [2.05, 4.69) is 13.5 Å². The Morgan fingerprint density at radius 3 is 2.75 bits per heavy atom. The molecule has 1 aromatic rings. The number of nitrogens with zero attached hydrogens (tertiary/aromatic N) is 2. The first-order valence-electron chi connectivity index (χ1n) is 10.6. The molecule has 0 bridgehead atoms. The van der Waals surface area contributed by atoms with Gasteiger partial charge >= 0.3 is 6.09 Å². The first-order valence-corrected chi connectivity index (χ1v) is 10.6. The SMILES string of the molecule is C=CC[C@H]1C(=O)N(CCCCCC)[C@H]2CCN(C(=O)OCc3ccccc3)[C@H]12. The maximum atomic E-state index is 13.0. The van der Waals surface area contributed by atoms with Crippen molar-refractivity contribution in [2.45, 2.75) is 64.1 Å². The first-order chi connectivity index (χ1) is 13.7. The monoisotopic (exact) mass is 384 g/mol. The highest BCUT2D eigenvalue weighted by Crippen LogP contribution is 2.38. The molecule has 5 nitrogen and oxygen atoms in total. The molecule has 5 heteroatoms. The standard InChI is InChI=1S/C23H32N2O3/c1-3-5-6-10-15-24-20-14-16-25(21(20)19(11-4-2)22(24)26)23(27)28-17-18-12-8-7-9-13-18/h4,7-9,12-13,19-21H,2-3,5-6,10-11,14-17H2,1H3/t19-,20+,21-/m1/s1. The van der Waals surface area contributed by atoms with Gasteiger partial charge in [0.05, 0.1) is 18.0 Å². The molecule has 2 saturated heterocycles. The second kappa shape index (κ2) is 9.76. The molecule has 0 aromatic heterocycles. The number of unbranched alkanes of at least 4 members (excludes halogenated alkanes) is 3. The minimum atomic E-state index is -0.314. The third-order valence-corrected chi connectivity index (χ3v) is 5.95. The number of ether oxygens (including phenoxy) is 1. The normalized spacial score (nSPS) is 23.8. The summed E-state index contributed by atoms with van der Waals surface area (Å²) in [6, 6.07) is 9.70. The molecule has 0 N–H and O–H groups in total. The number of likely N-dealkylation sites (tertiary alicyclic amines) is 2. The van der Waals surface area contributed by atoms with Crippen molar-refractivity contribution in [2.24, 2.45) is 5.92 Å². The number of hydrogen-bond donors (Lipinski definition) is 0. The van der Waals surface area contributed by atoms with E-state index in [0.29, 0.717) is 13.0 Å². The van der Waals surface area contributed by atoms with Gasteiger partial charge in [0.2, 0.25) is 5.91 Å². The van der Waals surface area contributed by atoms with Crippen molar-refractivity contribution in [3.63, 3.8) is 0 Å². The van der Waals surface area contributed by atoms with Gasteiger partial charge in [0.1, 0.15) is 6.61 Å². The van der Waals surface area contributed by atoms with Crippen LogP contribution in [0.3, 0.4) is 0 Å². The van der Waals surface area contributed by atoms with Crippen molar-refractivity contribution in [1.82, 2.24) is 9.80 Å². The fraction of sp³-hybridized carbons (Fsp3) is 0.565. The summed E-state index contributed by atoms with van der Waals surface area (Å²) in [6.07, 6.45) is 7.48. The topological polar surface area (TPSA) is 49.9 Å². The number of hydrogen-bond acceptors (Lipinski definition) is 3.